The smallest absolute Gasteiger partial charge is 0.249 e. The number of hydrogen-bond acceptors (Lipinski definition) is 2. The number of piperazine rings is 1. The number of amides is 2. The molecule has 0 aromatic heterocycles. The maximum Gasteiger partial charge on any atom is 0.249 e. The van der Waals surface area contributed by atoms with E-state index in [0.29, 0.717) is 11.8 Å². The minimum Gasteiger partial charge on any atom is -0.340 e. The fourth-order valence-electron chi connectivity index (χ4n) is 4.59. The summed E-state index contributed by atoms with van der Waals surface area (Å²) in [6.07, 6.45) is 9.74. The van der Waals surface area contributed by atoms with E-state index in [2.05, 4.69) is 5.32 Å². The predicted octanol–water partition coefficient (Wildman–Crippen LogP) is 2.23. The van der Waals surface area contributed by atoms with Gasteiger partial charge in [0.2, 0.25) is 11.8 Å². The molecule has 1 unspecified atom stereocenters. The fraction of sp³-hybridized carbons (Fsp3) is 0.882. The average Bonchev–Trinajstić information content (AvgIpc) is 3.15. The summed E-state index contributed by atoms with van der Waals surface area (Å²) < 4.78 is 0. The molecule has 116 valence electrons. The summed E-state index contributed by atoms with van der Waals surface area (Å²) in [5, 5.41) is 3.15. The highest BCUT2D eigenvalue weighted by Gasteiger charge is 2.61. The minimum absolute atomic E-state index is 0.133. The maximum atomic E-state index is 13.2. The van der Waals surface area contributed by atoms with Gasteiger partial charge in [0.25, 0.3) is 0 Å². The highest BCUT2D eigenvalue weighted by Crippen LogP contribution is 2.47. The van der Waals surface area contributed by atoms with E-state index in [-0.39, 0.29) is 11.8 Å². The number of rotatable bonds is 3. The van der Waals surface area contributed by atoms with Gasteiger partial charge in [0.15, 0.2) is 0 Å². The molecule has 0 aromatic rings. The lowest BCUT2D eigenvalue weighted by Gasteiger charge is -2.52. The fourth-order valence-corrected chi connectivity index (χ4v) is 4.59. The lowest BCUT2D eigenvalue weighted by Crippen LogP contribution is -2.75. The van der Waals surface area contributed by atoms with Gasteiger partial charge < -0.3 is 10.2 Å². The van der Waals surface area contributed by atoms with E-state index in [1.807, 2.05) is 11.8 Å². The van der Waals surface area contributed by atoms with Crippen LogP contribution in [0.2, 0.25) is 0 Å². The van der Waals surface area contributed by atoms with Gasteiger partial charge in [-0.15, -0.1) is 0 Å². The molecule has 3 saturated carbocycles. The van der Waals surface area contributed by atoms with Gasteiger partial charge in [-0.3, -0.25) is 9.59 Å². The summed E-state index contributed by atoms with van der Waals surface area (Å²) in [4.78, 5) is 28.2. The third-order valence-electron chi connectivity index (χ3n) is 6.49. The zero-order chi connectivity index (χ0) is 14.7. The average molecular weight is 290 g/mol. The molecular weight excluding hydrogens is 264 g/mol. The molecule has 1 saturated heterocycles. The molecule has 0 aromatic carbocycles. The molecule has 1 atom stereocenters. The lowest BCUT2D eigenvalue weighted by molar-refractivity contribution is -0.165. The lowest BCUT2D eigenvalue weighted by atomic mass is 9.78. The first-order valence-corrected chi connectivity index (χ1v) is 8.71. The Morgan fingerprint density at radius 3 is 2.29 bits per heavy atom. The van der Waals surface area contributed by atoms with Crippen molar-refractivity contribution in [2.75, 3.05) is 6.54 Å². The van der Waals surface area contributed by atoms with Crippen LogP contribution in [0.15, 0.2) is 0 Å². The van der Waals surface area contributed by atoms with Gasteiger partial charge in [0, 0.05) is 6.54 Å². The molecule has 4 nitrogen and oxygen atoms in total. The topological polar surface area (TPSA) is 49.4 Å². The maximum absolute atomic E-state index is 13.2. The van der Waals surface area contributed by atoms with Gasteiger partial charge in [-0.25, -0.2) is 0 Å². The first-order valence-electron chi connectivity index (χ1n) is 8.71. The molecule has 3 aliphatic carbocycles. The molecule has 1 aliphatic heterocycles. The molecule has 4 fully saturated rings. The normalized spacial score (nSPS) is 36.0. The molecule has 0 bridgehead atoms. The molecule has 1 heterocycles. The first kappa shape index (κ1) is 13.6. The predicted molar refractivity (Wildman–Crippen MR) is 79.5 cm³/mol. The molecule has 1 N–H and O–H groups in total. The van der Waals surface area contributed by atoms with E-state index in [0.717, 1.165) is 45.1 Å². The summed E-state index contributed by atoms with van der Waals surface area (Å²) in [6.45, 7) is 2.77. The van der Waals surface area contributed by atoms with Crippen LogP contribution in [0.25, 0.3) is 0 Å². The van der Waals surface area contributed by atoms with Crippen molar-refractivity contribution in [2.24, 2.45) is 11.8 Å². The highest BCUT2D eigenvalue weighted by atomic mass is 16.2. The van der Waals surface area contributed by atoms with Crippen LogP contribution in [0.1, 0.15) is 64.7 Å². The van der Waals surface area contributed by atoms with Crippen LogP contribution in [-0.4, -0.2) is 34.3 Å². The summed E-state index contributed by atoms with van der Waals surface area (Å²) >= 11 is 0. The minimum atomic E-state index is -0.630. The van der Waals surface area contributed by atoms with Crippen LogP contribution >= 0.6 is 0 Å². The Balaban J connectivity index is 1.67. The largest absolute Gasteiger partial charge is 0.340 e. The van der Waals surface area contributed by atoms with E-state index in [1.54, 1.807) is 0 Å². The zero-order valence-electron chi connectivity index (χ0n) is 13.0. The van der Waals surface area contributed by atoms with Crippen molar-refractivity contribution >= 4 is 11.8 Å². The van der Waals surface area contributed by atoms with Gasteiger partial charge in [-0.05, 0) is 57.3 Å². The van der Waals surface area contributed by atoms with Crippen molar-refractivity contribution < 1.29 is 9.59 Å². The van der Waals surface area contributed by atoms with Gasteiger partial charge in [0.1, 0.15) is 11.1 Å². The Kier molecular flexibility index (Phi) is 2.89. The summed E-state index contributed by atoms with van der Waals surface area (Å²) in [6, 6.07) is 0. The van der Waals surface area contributed by atoms with E-state index in [4.69, 9.17) is 0 Å². The Morgan fingerprint density at radius 2 is 1.76 bits per heavy atom. The van der Waals surface area contributed by atoms with Crippen molar-refractivity contribution in [1.29, 1.82) is 0 Å². The van der Waals surface area contributed by atoms with Gasteiger partial charge in [0.05, 0.1) is 0 Å². The van der Waals surface area contributed by atoms with Crippen molar-refractivity contribution in [2.45, 2.75) is 75.8 Å². The van der Waals surface area contributed by atoms with Crippen LogP contribution in [0, 0.1) is 11.8 Å². The van der Waals surface area contributed by atoms with Crippen molar-refractivity contribution in [3.05, 3.63) is 0 Å². The van der Waals surface area contributed by atoms with Crippen molar-refractivity contribution in [3.8, 4) is 0 Å². The van der Waals surface area contributed by atoms with Gasteiger partial charge in [-0.1, -0.05) is 19.3 Å². The third kappa shape index (κ3) is 1.87. The molecule has 4 rings (SSSR count). The quantitative estimate of drug-likeness (QED) is 0.866. The van der Waals surface area contributed by atoms with Gasteiger partial charge in [-0.2, -0.15) is 0 Å². The van der Waals surface area contributed by atoms with E-state index >= 15 is 0 Å². The zero-order valence-corrected chi connectivity index (χ0v) is 13.0. The highest BCUT2D eigenvalue weighted by molar-refractivity contribution is 6.02. The van der Waals surface area contributed by atoms with Gasteiger partial charge >= 0.3 is 0 Å². The van der Waals surface area contributed by atoms with Crippen LogP contribution in [0.5, 0.6) is 0 Å². The van der Waals surface area contributed by atoms with Crippen molar-refractivity contribution in [1.82, 2.24) is 10.2 Å². The van der Waals surface area contributed by atoms with E-state index < -0.39 is 11.1 Å². The Hall–Kier alpha value is -1.06. The second-order valence-electron chi connectivity index (χ2n) is 7.88. The van der Waals surface area contributed by atoms with E-state index in [1.165, 1.54) is 19.3 Å². The molecule has 21 heavy (non-hydrogen) atoms. The first-order chi connectivity index (χ1) is 10.1. The van der Waals surface area contributed by atoms with E-state index in [9.17, 15) is 9.59 Å². The SMILES string of the molecule is CC1(C2CC2)NC(=O)C2(CCCC2)N(CC2CCC2)C1=O. The van der Waals surface area contributed by atoms with Crippen LogP contribution in [0.4, 0.5) is 0 Å². The Bertz CT molecular complexity index is 475. The molecule has 0 radical (unpaired) electrons. The number of nitrogens with one attached hydrogen (secondary N) is 1. The molecular formula is C17H26N2O2. The molecule has 1 spiro atoms. The second-order valence-corrected chi connectivity index (χ2v) is 7.88. The molecule has 2 amide bonds. The third-order valence-corrected chi connectivity index (χ3v) is 6.49. The molecule has 4 heteroatoms. The number of nitrogens with zero attached hydrogens (tertiary/aromatic N) is 1. The number of carbonyl (C=O) groups excluding carboxylic acids is 2. The summed E-state index contributed by atoms with van der Waals surface area (Å²) in [7, 11) is 0. The summed E-state index contributed by atoms with van der Waals surface area (Å²) in [5.41, 5.74) is -1.14. The standard InChI is InChI=1S/C17H26N2O2/c1-16(13-7-8-13)15(21)19(11-12-5-4-6-12)17(14(20)18-16)9-2-3-10-17/h12-13H,2-11H2,1H3,(H,18,20). The monoisotopic (exact) mass is 290 g/mol. The Morgan fingerprint density at radius 1 is 1.10 bits per heavy atom. The van der Waals surface area contributed by atoms with Crippen LogP contribution in [0.3, 0.4) is 0 Å². The Labute approximate surface area is 126 Å². The number of carbonyl (C=O) groups is 2. The number of hydrogen-bond donors (Lipinski definition) is 1. The van der Waals surface area contributed by atoms with Crippen LogP contribution < -0.4 is 5.32 Å². The molecule has 4 aliphatic rings. The second kappa shape index (κ2) is 4.47. The summed E-state index contributed by atoms with van der Waals surface area (Å²) in [5.74, 6) is 1.32. The van der Waals surface area contributed by atoms with Crippen molar-refractivity contribution in [3.63, 3.8) is 0 Å². The van der Waals surface area contributed by atoms with Crippen LogP contribution in [-0.2, 0) is 9.59 Å².